The van der Waals surface area contributed by atoms with Gasteiger partial charge in [-0.25, -0.2) is 0 Å². The van der Waals surface area contributed by atoms with Crippen molar-refractivity contribution < 1.29 is 9.26 Å². The monoisotopic (exact) mass is 463 g/mol. The van der Waals surface area contributed by atoms with Gasteiger partial charge in [0.25, 0.3) is 0 Å². The third-order valence-electron chi connectivity index (χ3n) is 5.46. The fraction of sp³-hybridized carbons (Fsp3) is 0.824. The molecule has 7 nitrogen and oxygen atoms in total. The second-order valence-corrected chi connectivity index (χ2v) is 6.83. The number of aliphatic imine (C=N–C) groups is 1. The number of hydrogen-bond acceptors (Lipinski definition) is 5. The van der Waals surface area contributed by atoms with Crippen molar-refractivity contribution in [1.82, 2.24) is 20.8 Å². The number of ether oxygens (including phenoxy) is 1. The van der Waals surface area contributed by atoms with E-state index in [4.69, 9.17) is 9.26 Å². The summed E-state index contributed by atoms with van der Waals surface area (Å²) in [6, 6.07) is 0.424. The van der Waals surface area contributed by atoms with Crippen LogP contribution >= 0.6 is 24.0 Å². The summed E-state index contributed by atoms with van der Waals surface area (Å²) in [4.78, 5) is 8.56. The lowest BCUT2D eigenvalue weighted by atomic mass is 9.55. The summed E-state index contributed by atoms with van der Waals surface area (Å²) in [5.74, 6) is 2.01. The van der Waals surface area contributed by atoms with Gasteiger partial charge in [0, 0.05) is 32.0 Å². The molecule has 1 aromatic heterocycles. The summed E-state index contributed by atoms with van der Waals surface area (Å²) >= 11 is 0. The minimum absolute atomic E-state index is 0. The lowest BCUT2D eigenvalue weighted by Gasteiger charge is -2.57. The highest BCUT2D eigenvalue weighted by Crippen LogP contribution is 2.53. The van der Waals surface area contributed by atoms with Crippen molar-refractivity contribution in [1.29, 1.82) is 0 Å². The molecule has 2 aliphatic rings. The predicted octanol–water partition coefficient (Wildman–Crippen LogP) is 2.79. The van der Waals surface area contributed by atoms with E-state index in [-0.39, 0.29) is 29.4 Å². The first-order valence-corrected chi connectivity index (χ1v) is 9.06. The molecule has 0 amide bonds. The zero-order valence-corrected chi connectivity index (χ0v) is 17.7. The molecular formula is C17H30IN5O2. The van der Waals surface area contributed by atoms with Crippen LogP contribution in [0.3, 0.4) is 0 Å². The maximum absolute atomic E-state index is 6.02. The maximum Gasteiger partial charge on any atom is 0.223 e. The molecule has 1 spiro atoms. The van der Waals surface area contributed by atoms with E-state index in [1.165, 1.54) is 32.1 Å². The fourth-order valence-corrected chi connectivity index (χ4v) is 4.20. The van der Waals surface area contributed by atoms with Gasteiger partial charge in [0.2, 0.25) is 5.89 Å². The van der Waals surface area contributed by atoms with Gasteiger partial charge in [-0.05, 0) is 26.2 Å². The number of rotatable bonds is 5. The number of nitrogens with one attached hydrogen (secondary N) is 2. The number of aromatic nitrogens is 2. The molecule has 1 heterocycles. The predicted molar refractivity (Wildman–Crippen MR) is 107 cm³/mol. The van der Waals surface area contributed by atoms with Crippen molar-refractivity contribution in [3.05, 3.63) is 11.7 Å². The number of aryl methyl sites for hydroxylation is 1. The van der Waals surface area contributed by atoms with Gasteiger partial charge in [0.1, 0.15) is 0 Å². The van der Waals surface area contributed by atoms with Crippen LogP contribution in [0.25, 0.3) is 0 Å². The van der Waals surface area contributed by atoms with Crippen LogP contribution in [0, 0.1) is 12.3 Å². The van der Waals surface area contributed by atoms with Crippen molar-refractivity contribution in [2.75, 3.05) is 13.7 Å². The van der Waals surface area contributed by atoms with Crippen molar-refractivity contribution in [3.8, 4) is 0 Å². The molecule has 2 saturated carbocycles. The SMILES string of the molecule is CCOC1CC(NC(=NC)NCc2noc(C)n2)C12CCCCC2.I. The lowest BCUT2D eigenvalue weighted by Crippen LogP contribution is -2.66. The Morgan fingerprint density at radius 1 is 1.36 bits per heavy atom. The first kappa shape index (κ1) is 20.4. The lowest BCUT2D eigenvalue weighted by molar-refractivity contribution is -0.145. The minimum atomic E-state index is 0. The molecule has 0 aromatic carbocycles. The van der Waals surface area contributed by atoms with E-state index in [0.29, 0.717) is 30.4 Å². The fourth-order valence-electron chi connectivity index (χ4n) is 4.20. The average Bonchev–Trinajstić information content (AvgIpc) is 3.03. The van der Waals surface area contributed by atoms with E-state index in [0.717, 1.165) is 19.0 Å². The van der Waals surface area contributed by atoms with Crippen LogP contribution in [0.1, 0.15) is 57.2 Å². The van der Waals surface area contributed by atoms with Crippen LogP contribution in [0.2, 0.25) is 0 Å². The average molecular weight is 463 g/mol. The number of hydrogen-bond donors (Lipinski definition) is 2. The van der Waals surface area contributed by atoms with Crippen molar-refractivity contribution in [2.45, 2.75) is 71.1 Å². The highest BCUT2D eigenvalue weighted by molar-refractivity contribution is 14.0. The molecule has 2 fully saturated rings. The molecule has 2 N–H and O–H groups in total. The van der Waals surface area contributed by atoms with Gasteiger partial charge in [-0.15, -0.1) is 24.0 Å². The zero-order valence-electron chi connectivity index (χ0n) is 15.4. The minimum Gasteiger partial charge on any atom is -0.378 e. The van der Waals surface area contributed by atoms with Gasteiger partial charge < -0.3 is 19.9 Å². The summed E-state index contributed by atoms with van der Waals surface area (Å²) in [7, 11) is 1.79. The molecule has 0 saturated heterocycles. The van der Waals surface area contributed by atoms with Gasteiger partial charge >= 0.3 is 0 Å². The van der Waals surface area contributed by atoms with Gasteiger partial charge in [-0.2, -0.15) is 4.98 Å². The molecule has 2 unspecified atom stereocenters. The van der Waals surface area contributed by atoms with Crippen LogP contribution in [-0.2, 0) is 11.3 Å². The van der Waals surface area contributed by atoms with Gasteiger partial charge in [0.15, 0.2) is 11.8 Å². The highest BCUT2D eigenvalue weighted by atomic mass is 127. The summed E-state index contributed by atoms with van der Waals surface area (Å²) in [6.45, 7) is 5.18. The van der Waals surface area contributed by atoms with E-state index in [2.05, 4.69) is 32.7 Å². The summed E-state index contributed by atoms with van der Waals surface area (Å²) in [5.41, 5.74) is 0.272. The topological polar surface area (TPSA) is 84.6 Å². The zero-order chi connectivity index (χ0) is 17.0. The van der Waals surface area contributed by atoms with Crippen LogP contribution in [0.15, 0.2) is 9.52 Å². The van der Waals surface area contributed by atoms with Crippen LogP contribution in [-0.4, -0.2) is 41.9 Å². The standard InChI is InChI=1S/C17H29N5O2.HI/c1-4-23-14-10-13(17(14)8-6-5-7-9-17)21-16(18-3)19-11-15-20-12(2)24-22-15;/h13-14H,4-11H2,1-3H3,(H2,18,19,21);1H. The normalized spacial score (nSPS) is 25.2. The van der Waals surface area contributed by atoms with Crippen molar-refractivity contribution in [2.24, 2.45) is 10.4 Å². The number of guanidine groups is 1. The number of nitrogens with zero attached hydrogens (tertiary/aromatic N) is 3. The van der Waals surface area contributed by atoms with E-state index in [9.17, 15) is 0 Å². The van der Waals surface area contributed by atoms with Crippen LogP contribution in [0.4, 0.5) is 0 Å². The molecule has 142 valence electrons. The second-order valence-electron chi connectivity index (χ2n) is 6.83. The Hall–Kier alpha value is -0.900. The smallest absolute Gasteiger partial charge is 0.223 e. The quantitative estimate of drug-likeness (QED) is 0.397. The Labute approximate surface area is 166 Å². The van der Waals surface area contributed by atoms with E-state index in [1.807, 2.05) is 0 Å². The Kier molecular flexibility index (Phi) is 7.48. The van der Waals surface area contributed by atoms with E-state index >= 15 is 0 Å². The Morgan fingerprint density at radius 2 is 2.12 bits per heavy atom. The molecule has 0 aliphatic heterocycles. The Morgan fingerprint density at radius 3 is 2.72 bits per heavy atom. The van der Waals surface area contributed by atoms with E-state index < -0.39 is 0 Å². The van der Waals surface area contributed by atoms with Crippen molar-refractivity contribution in [3.63, 3.8) is 0 Å². The first-order chi connectivity index (χ1) is 11.7. The van der Waals surface area contributed by atoms with E-state index in [1.54, 1.807) is 14.0 Å². The Bertz CT molecular complexity index is 571. The molecule has 0 radical (unpaired) electrons. The number of halogens is 1. The van der Waals surface area contributed by atoms with Crippen LogP contribution in [0.5, 0.6) is 0 Å². The summed E-state index contributed by atoms with van der Waals surface area (Å²) in [6.07, 6.45) is 7.88. The Balaban J connectivity index is 0.00000225. The summed E-state index contributed by atoms with van der Waals surface area (Å²) < 4.78 is 11.0. The largest absolute Gasteiger partial charge is 0.378 e. The molecular weight excluding hydrogens is 433 g/mol. The summed E-state index contributed by atoms with van der Waals surface area (Å²) in [5, 5.41) is 10.8. The van der Waals surface area contributed by atoms with Crippen LogP contribution < -0.4 is 10.6 Å². The molecule has 25 heavy (non-hydrogen) atoms. The second kappa shape index (κ2) is 9.16. The molecule has 2 aliphatic carbocycles. The first-order valence-electron chi connectivity index (χ1n) is 9.06. The molecule has 3 rings (SSSR count). The third kappa shape index (κ3) is 4.45. The third-order valence-corrected chi connectivity index (χ3v) is 5.46. The van der Waals surface area contributed by atoms with Crippen molar-refractivity contribution >= 4 is 29.9 Å². The molecule has 8 heteroatoms. The van der Waals surface area contributed by atoms with Gasteiger partial charge in [0.05, 0.1) is 12.6 Å². The maximum atomic E-state index is 6.02. The molecule has 0 bridgehead atoms. The molecule has 1 aromatic rings. The van der Waals surface area contributed by atoms with Gasteiger partial charge in [-0.1, -0.05) is 24.4 Å². The van der Waals surface area contributed by atoms with Gasteiger partial charge in [-0.3, -0.25) is 4.99 Å². The highest BCUT2D eigenvalue weighted by Gasteiger charge is 2.55. The molecule has 2 atom stereocenters.